The molecule has 94 valence electrons. The van der Waals surface area contributed by atoms with Crippen molar-refractivity contribution in [3.63, 3.8) is 0 Å². The van der Waals surface area contributed by atoms with Gasteiger partial charge in [-0.3, -0.25) is 0 Å². The molecule has 0 radical (unpaired) electrons. The summed E-state index contributed by atoms with van der Waals surface area (Å²) in [6.07, 6.45) is 0. The van der Waals surface area contributed by atoms with E-state index >= 15 is 0 Å². The Balaban J connectivity index is 2.11. The summed E-state index contributed by atoms with van der Waals surface area (Å²) in [5.41, 5.74) is 3.17. The highest BCUT2D eigenvalue weighted by Crippen LogP contribution is 2.25. The Morgan fingerprint density at radius 1 is 1.06 bits per heavy atom. The maximum atomic E-state index is 6.13. The predicted molar refractivity (Wildman–Crippen MR) is 87.7 cm³/mol. The van der Waals surface area contributed by atoms with Crippen LogP contribution in [-0.2, 0) is 6.54 Å². The molecule has 0 aliphatic carbocycles. The zero-order valence-electron chi connectivity index (χ0n) is 9.81. The molecule has 2 rings (SSSR count). The summed E-state index contributed by atoms with van der Waals surface area (Å²) in [6.45, 7) is 2.70. The van der Waals surface area contributed by atoms with Crippen molar-refractivity contribution in [2.75, 3.05) is 5.32 Å². The molecule has 0 spiro atoms. The van der Waals surface area contributed by atoms with Crippen molar-refractivity contribution in [1.29, 1.82) is 0 Å². The highest BCUT2D eigenvalue weighted by molar-refractivity contribution is 14.1. The molecule has 0 atom stereocenters. The third-order valence-corrected chi connectivity index (χ3v) is 4.06. The molecule has 0 aliphatic rings. The minimum absolute atomic E-state index is 0.708. The Kier molecular flexibility index (Phi) is 4.76. The third-order valence-electron chi connectivity index (χ3n) is 2.65. The Morgan fingerprint density at radius 2 is 1.83 bits per heavy atom. The van der Waals surface area contributed by atoms with Gasteiger partial charge in [-0.05, 0) is 64.9 Å². The van der Waals surface area contributed by atoms with Crippen LogP contribution in [0.4, 0.5) is 5.69 Å². The summed E-state index contributed by atoms with van der Waals surface area (Å²) in [4.78, 5) is 0. The molecule has 0 saturated carbocycles. The second-order valence-corrected chi connectivity index (χ2v) is 6.12. The zero-order valence-corrected chi connectivity index (χ0v) is 13.5. The van der Waals surface area contributed by atoms with E-state index in [0.29, 0.717) is 6.54 Å². The highest BCUT2D eigenvalue weighted by Gasteiger charge is 2.02. The molecule has 0 bridgehead atoms. The lowest BCUT2D eigenvalue weighted by molar-refractivity contribution is 1.14. The first-order valence-corrected chi connectivity index (χ1v) is 7.33. The van der Waals surface area contributed by atoms with Gasteiger partial charge in [-0.25, -0.2) is 0 Å². The van der Waals surface area contributed by atoms with Gasteiger partial charge >= 0.3 is 0 Å². The van der Waals surface area contributed by atoms with Crippen molar-refractivity contribution in [2.45, 2.75) is 13.5 Å². The number of rotatable bonds is 3. The summed E-state index contributed by atoms with van der Waals surface area (Å²) >= 11 is 14.5. The smallest absolute Gasteiger partial charge is 0.0638 e. The van der Waals surface area contributed by atoms with Crippen LogP contribution in [0.2, 0.25) is 10.0 Å². The van der Waals surface area contributed by atoms with Gasteiger partial charge < -0.3 is 5.32 Å². The van der Waals surface area contributed by atoms with E-state index in [1.54, 1.807) is 0 Å². The van der Waals surface area contributed by atoms with Crippen molar-refractivity contribution in [1.82, 2.24) is 0 Å². The Labute approximate surface area is 131 Å². The van der Waals surface area contributed by atoms with Crippen LogP contribution < -0.4 is 5.32 Å². The maximum Gasteiger partial charge on any atom is 0.0638 e. The zero-order chi connectivity index (χ0) is 13.1. The van der Waals surface area contributed by atoms with Gasteiger partial charge in [-0.15, -0.1) is 0 Å². The molecule has 2 aromatic carbocycles. The van der Waals surface area contributed by atoms with Crippen LogP contribution in [0.25, 0.3) is 0 Å². The molecule has 0 saturated heterocycles. The van der Waals surface area contributed by atoms with Crippen molar-refractivity contribution in [2.24, 2.45) is 0 Å². The minimum atomic E-state index is 0.708. The van der Waals surface area contributed by atoms with Gasteiger partial charge in [0.05, 0.1) is 10.7 Å². The molecule has 2 aromatic rings. The fourth-order valence-corrected chi connectivity index (χ4v) is 2.46. The van der Waals surface area contributed by atoms with Crippen LogP contribution in [0.3, 0.4) is 0 Å². The molecule has 0 unspecified atom stereocenters. The average molecular weight is 392 g/mol. The summed E-state index contributed by atoms with van der Waals surface area (Å²) in [5.74, 6) is 0. The Hall–Kier alpha value is -0.450. The average Bonchev–Trinajstić information content (AvgIpc) is 2.34. The van der Waals surface area contributed by atoms with Crippen molar-refractivity contribution >= 4 is 51.5 Å². The highest BCUT2D eigenvalue weighted by atomic mass is 127. The first-order chi connectivity index (χ1) is 8.56. The molecule has 4 heteroatoms. The monoisotopic (exact) mass is 391 g/mol. The van der Waals surface area contributed by atoms with E-state index in [2.05, 4.69) is 34.0 Å². The van der Waals surface area contributed by atoms with Crippen LogP contribution >= 0.6 is 45.8 Å². The van der Waals surface area contributed by atoms with Gasteiger partial charge in [-0.1, -0.05) is 35.3 Å². The second-order valence-electron chi connectivity index (χ2n) is 4.06. The fraction of sp³-hybridized carbons (Fsp3) is 0.143. The van der Waals surface area contributed by atoms with E-state index < -0.39 is 0 Å². The van der Waals surface area contributed by atoms with Gasteiger partial charge in [0.25, 0.3) is 0 Å². The van der Waals surface area contributed by atoms with E-state index in [4.69, 9.17) is 23.2 Å². The predicted octanol–water partition coefficient (Wildman–Crippen LogP) is 5.52. The van der Waals surface area contributed by atoms with Crippen LogP contribution in [0, 0.1) is 10.5 Å². The standard InChI is InChI=1S/C14H12Cl2IN/c1-9-2-3-10(6-13(9)16)8-18-14-7-11(17)4-5-12(14)15/h2-7,18H,8H2,1H3. The third kappa shape index (κ3) is 3.53. The number of nitrogens with one attached hydrogen (secondary N) is 1. The van der Waals surface area contributed by atoms with Crippen LogP contribution in [-0.4, -0.2) is 0 Å². The molecular formula is C14H12Cl2IN. The molecule has 1 N–H and O–H groups in total. The van der Waals surface area contributed by atoms with E-state index in [9.17, 15) is 0 Å². The first kappa shape index (κ1) is 14.0. The van der Waals surface area contributed by atoms with E-state index in [-0.39, 0.29) is 0 Å². The lowest BCUT2D eigenvalue weighted by Crippen LogP contribution is -2.00. The van der Waals surface area contributed by atoms with Crippen LogP contribution in [0.15, 0.2) is 36.4 Å². The van der Waals surface area contributed by atoms with Crippen LogP contribution in [0.1, 0.15) is 11.1 Å². The van der Waals surface area contributed by atoms with E-state index in [0.717, 1.165) is 30.4 Å². The van der Waals surface area contributed by atoms with Gasteiger partial charge in [0, 0.05) is 15.1 Å². The number of aryl methyl sites for hydroxylation is 1. The molecule has 0 aliphatic heterocycles. The Bertz CT molecular complexity index is 570. The summed E-state index contributed by atoms with van der Waals surface area (Å²) < 4.78 is 1.15. The summed E-state index contributed by atoms with van der Waals surface area (Å²) in [7, 11) is 0. The second kappa shape index (κ2) is 6.13. The summed E-state index contributed by atoms with van der Waals surface area (Å²) in [5, 5.41) is 4.85. The SMILES string of the molecule is Cc1ccc(CNc2cc(I)ccc2Cl)cc1Cl. The quantitative estimate of drug-likeness (QED) is 0.679. The number of benzene rings is 2. The molecule has 0 fully saturated rings. The van der Waals surface area contributed by atoms with Crippen molar-refractivity contribution in [3.05, 3.63) is 61.1 Å². The molecule has 0 amide bonds. The number of hydrogen-bond acceptors (Lipinski definition) is 1. The molecule has 0 heterocycles. The minimum Gasteiger partial charge on any atom is -0.380 e. The van der Waals surface area contributed by atoms with Crippen molar-refractivity contribution in [3.8, 4) is 0 Å². The number of anilines is 1. The van der Waals surface area contributed by atoms with Crippen LogP contribution in [0.5, 0.6) is 0 Å². The van der Waals surface area contributed by atoms with E-state index in [1.165, 1.54) is 0 Å². The molecule has 0 aromatic heterocycles. The van der Waals surface area contributed by atoms with E-state index in [1.807, 2.05) is 37.3 Å². The first-order valence-electron chi connectivity index (χ1n) is 5.50. The summed E-state index contributed by atoms with van der Waals surface area (Å²) in [6, 6.07) is 12.0. The van der Waals surface area contributed by atoms with Gasteiger partial charge in [0.15, 0.2) is 0 Å². The molecule has 1 nitrogen and oxygen atoms in total. The lowest BCUT2D eigenvalue weighted by atomic mass is 10.1. The number of hydrogen-bond donors (Lipinski definition) is 1. The number of halogens is 3. The Morgan fingerprint density at radius 3 is 2.56 bits per heavy atom. The molecular weight excluding hydrogens is 380 g/mol. The molecule has 18 heavy (non-hydrogen) atoms. The van der Waals surface area contributed by atoms with Gasteiger partial charge in [0.2, 0.25) is 0 Å². The van der Waals surface area contributed by atoms with Gasteiger partial charge in [-0.2, -0.15) is 0 Å². The maximum absolute atomic E-state index is 6.13. The normalized spacial score (nSPS) is 10.4. The largest absolute Gasteiger partial charge is 0.380 e. The fourth-order valence-electron chi connectivity index (χ4n) is 1.58. The van der Waals surface area contributed by atoms with Gasteiger partial charge in [0.1, 0.15) is 0 Å². The van der Waals surface area contributed by atoms with Crippen molar-refractivity contribution < 1.29 is 0 Å². The lowest BCUT2D eigenvalue weighted by Gasteiger charge is -2.10. The topological polar surface area (TPSA) is 12.0 Å².